The second kappa shape index (κ2) is 18.4. The van der Waals surface area contributed by atoms with E-state index in [1.54, 1.807) is 6.07 Å². The van der Waals surface area contributed by atoms with Gasteiger partial charge in [0.25, 0.3) is 0 Å². The SMILES string of the molecule is CCCCC1(CCCC)CS(=O)(=O)c2ccc(N(C)C)cc2C(c2ccc(OCCOCCOCC[N+](CC)(CC)CC)cc2)N1. The number of nitrogens with zero attached hydrogens (tertiary/aromatic N) is 2. The van der Waals surface area contributed by atoms with Gasteiger partial charge in [-0.2, -0.15) is 0 Å². The van der Waals surface area contributed by atoms with Crippen LogP contribution in [0.15, 0.2) is 47.4 Å². The van der Waals surface area contributed by atoms with Crippen LogP contribution in [0.25, 0.3) is 0 Å². The highest BCUT2D eigenvalue weighted by molar-refractivity contribution is 7.91. The zero-order valence-corrected chi connectivity index (χ0v) is 30.6. The lowest BCUT2D eigenvalue weighted by molar-refractivity contribution is -0.923. The minimum absolute atomic E-state index is 0.118. The summed E-state index contributed by atoms with van der Waals surface area (Å²) in [7, 11) is 0.470. The highest BCUT2D eigenvalue weighted by Gasteiger charge is 2.42. The number of rotatable bonds is 21. The molecule has 0 bridgehead atoms. The number of sulfone groups is 1. The van der Waals surface area contributed by atoms with E-state index >= 15 is 0 Å². The molecule has 9 heteroatoms. The van der Waals surface area contributed by atoms with Crippen molar-refractivity contribution in [3.63, 3.8) is 0 Å². The molecule has 1 heterocycles. The number of quaternary nitrogens is 1. The minimum Gasteiger partial charge on any atom is -0.491 e. The number of ether oxygens (including phenoxy) is 3. The number of benzene rings is 2. The predicted octanol–water partition coefficient (Wildman–Crippen LogP) is 6.63. The Hall–Kier alpha value is -2.17. The number of unbranched alkanes of at least 4 members (excludes halogenated alkanes) is 2. The number of nitrogens with one attached hydrogen (secondary N) is 1. The van der Waals surface area contributed by atoms with Crippen molar-refractivity contribution in [3.8, 4) is 5.75 Å². The van der Waals surface area contributed by atoms with Crippen molar-refractivity contribution < 1.29 is 27.1 Å². The molecule has 0 aromatic heterocycles. The largest absolute Gasteiger partial charge is 0.491 e. The zero-order valence-electron chi connectivity index (χ0n) is 29.8. The predicted molar refractivity (Wildman–Crippen MR) is 190 cm³/mol. The van der Waals surface area contributed by atoms with Crippen LogP contribution < -0.4 is 15.0 Å². The molecule has 0 radical (unpaired) electrons. The number of likely N-dealkylation sites (N-methyl/N-ethyl adjacent to an activating group) is 1. The smallest absolute Gasteiger partial charge is 0.180 e. The van der Waals surface area contributed by atoms with Crippen LogP contribution in [0.3, 0.4) is 0 Å². The molecular weight excluding hydrogens is 598 g/mol. The molecule has 0 amide bonds. The van der Waals surface area contributed by atoms with E-state index in [0.29, 0.717) is 31.3 Å². The van der Waals surface area contributed by atoms with Gasteiger partial charge < -0.3 is 23.6 Å². The molecule has 1 aliphatic heterocycles. The van der Waals surface area contributed by atoms with Crippen molar-refractivity contribution in [2.24, 2.45) is 0 Å². The molecule has 3 rings (SSSR count). The van der Waals surface area contributed by atoms with Gasteiger partial charge >= 0.3 is 0 Å². The van der Waals surface area contributed by atoms with Gasteiger partial charge in [-0.05, 0) is 75.1 Å². The Morgan fingerprint density at radius 3 is 1.98 bits per heavy atom. The first-order valence-corrected chi connectivity index (χ1v) is 19.3. The Bertz CT molecular complexity index is 1260. The van der Waals surface area contributed by atoms with Crippen molar-refractivity contribution >= 4 is 15.5 Å². The van der Waals surface area contributed by atoms with Gasteiger partial charge in [0.15, 0.2) is 9.84 Å². The van der Waals surface area contributed by atoms with Gasteiger partial charge in [0, 0.05) is 25.3 Å². The Morgan fingerprint density at radius 2 is 1.41 bits per heavy atom. The highest BCUT2D eigenvalue weighted by Crippen LogP contribution is 2.40. The number of hydrogen-bond donors (Lipinski definition) is 1. The highest BCUT2D eigenvalue weighted by atomic mass is 32.2. The van der Waals surface area contributed by atoms with Gasteiger partial charge in [0.05, 0.1) is 62.8 Å². The Labute approximate surface area is 280 Å². The van der Waals surface area contributed by atoms with E-state index in [-0.39, 0.29) is 11.8 Å². The van der Waals surface area contributed by atoms with Gasteiger partial charge in [-0.25, -0.2) is 8.42 Å². The van der Waals surface area contributed by atoms with Gasteiger partial charge in [0.2, 0.25) is 0 Å². The third-order valence-corrected chi connectivity index (χ3v) is 11.9. The molecule has 2 aromatic rings. The van der Waals surface area contributed by atoms with E-state index in [9.17, 15) is 8.42 Å². The molecule has 2 aromatic carbocycles. The summed E-state index contributed by atoms with van der Waals surface area (Å²) in [5, 5.41) is 3.94. The lowest BCUT2D eigenvalue weighted by Crippen LogP contribution is -2.50. The third kappa shape index (κ3) is 10.4. The molecule has 260 valence electrons. The molecule has 46 heavy (non-hydrogen) atoms. The van der Waals surface area contributed by atoms with Crippen molar-refractivity contribution in [3.05, 3.63) is 53.6 Å². The van der Waals surface area contributed by atoms with Crippen LogP contribution in [0.2, 0.25) is 0 Å². The fourth-order valence-corrected chi connectivity index (χ4v) is 8.66. The van der Waals surface area contributed by atoms with Crippen LogP contribution in [0, 0.1) is 0 Å². The van der Waals surface area contributed by atoms with Gasteiger partial charge in [0.1, 0.15) is 18.9 Å². The van der Waals surface area contributed by atoms with Crippen molar-refractivity contribution in [1.82, 2.24) is 5.32 Å². The van der Waals surface area contributed by atoms with Crippen LogP contribution in [0.4, 0.5) is 5.69 Å². The quantitative estimate of drug-likeness (QED) is 0.119. The van der Waals surface area contributed by atoms with E-state index in [2.05, 4.69) is 52.1 Å². The van der Waals surface area contributed by atoms with E-state index in [1.807, 2.05) is 43.3 Å². The fraction of sp³-hybridized carbons (Fsp3) is 0.676. The molecule has 0 aliphatic carbocycles. The van der Waals surface area contributed by atoms with Gasteiger partial charge in [-0.15, -0.1) is 0 Å². The van der Waals surface area contributed by atoms with Crippen LogP contribution in [-0.2, 0) is 19.3 Å². The lowest BCUT2D eigenvalue weighted by Gasteiger charge is -2.37. The van der Waals surface area contributed by atoms with E-state index in [1.165, 1.54) is 0 Å². The standard InChI is InChI=1S/C37H62N3O5S/c1-8-13-21-37(22-14-9-2)30-46(41,42)35-20-17-32(39(6)7)29-34(35)36(38-37)31-15-18-33(19-16-31)45-28-27-44-26-25-43-24-23-40(10-3,11-4)12-5/h15-20,29,36,38H,8-14,21-28,30H2,1-7H3/q+1. The van der Waals surface area contributed by atoms with Gasteiger partial charge in [-0.3, -0.25) is 5.32 Å². The second-order valence-corrected chi connectivity index (χ2v) is 15.1. The first-order valence-electron chi connectivity index (χ1n) is 17.6. The van der Waals surface area contributed by atoms with Crippen molar-refractivity contribution in [2.45, 2.75) is 89.6 Å². The molecule has 1 N–H and O–H groups in total. The minimum atomic E-state index is -3.50. The van der Waals surface area contributed by atoms with Crippen molar-refractivity contribution in [2.75, 3.05) is 84.0 Å². The Balaban J connectivity index is 1.68. The average Bonchev–Trinajstić information content (AvgIpc) is 3.16. The maximum Gasteiger partial charge on any atom is 0.180 e. The molecule has 0 spiro atoms. The molecule has 0 saturated carbocycles. The second-order valence-electron chi connectivity index (χ2n) is 13.1. The molecular formula is C37H62N3O5S+. The van der Waals surface area contributed by atoms with E-state index < -0.39 is 15.4 Å². The summed E-state index contributed by atoms with van der Waals surface area (Å²) in [5.41, 5.74) is 2.34. The van der Waals surface area contributed by atoms with Gasteiger partial charge in [-0.1, -0.05) is 51.7 Å². The lowest BCUT2D eigenvalue weighted by atomic mass is 9.86. The average molecular weight is 661 g/mol. The van der Waals surface area contributed by atoms with E-state index in [4.69, 9.17) is 14.2 Å². The molecule has 8 nitrogen and oxygen atoms in total. The summed E-state index contributed by atoms with van der Waals surface area (Å²) in [6.45, 7) is 18.4. The summed E-state index contributed by atoms with van der Waals surface area (Å²) in [4.78, 5) is 2.46. The molecule has 1 atom stereocenters. The monoisotopic (exact) mass is 660 g/mol. The van der Waals surface area contributed by atoms with E-state index in [0.717, 1.165) is 98.4 Å². The first-order chi connectivity index (χ1) is 22.1. The summed E-state index contributed by atoms with van der Waals surface area (Å²) in [6.07, 6.45) is 5.67. The number of fused-ring (bicyclic) bond motifs is 1. The summed E-state index contributed by atoms with van der Waals surface area (Å²) in [5.74, 6) is 0.885. The number of anilines is 1. The molecule has 0 saturated heterocycles. The normalized spacial score (nSPS) is 17.3. The number of hydrogen-bond acceptors (Lipinski definition) is 7. The Kier molecular flexibility index (Phi) is 15.3. The summed E-state index contributed by atoms with van der Waals surface area (Å²) in [6, 6.07) is 13.6. The molecule has 1 unspecified atom stereocenters. The zero-order chi connectivity index (χ0) is 33.6. The van der Waals surface area contributed by atoms with Crippen LogP contribution in [0.5, 0.6) is 5.75 Å². The fourth-order valence-electron chi connectivity index (χ4n) is 6.60. The van der Waals surface area contributed by atoms with Crippen LogP contribution in [0.1, 0.15) is 90.3 Å². The van der Waals surface area contributed by atoms with Crippen LogP contribution >= 0.6 is 0 Å². The molecule has 0 fully saturated rings. The first kappa shape index (κ1) is 38.3. The summed E-state index contributed by atoms with van der Waals surface area (Å²) < 4.78 is 46.6. The molecule has 1 aliphatic rings. The maximum atomic E-state index is 14.0. The maximum absolute atomic E-state index is 14.0. The topological polar surface area (TPSA) is 77.1 Å². The third-order valence-electron chi connectivity index (χ3n) is 9.89. The summed E-state index contributed by atoms with van der Waals surface area (Å²) >= 11 is 0. The Morgan fingerprint density at radius 1 is 0.826 bits per heavy atom. The van der Waals surface area contributed by atoms with Crippen LogP contribution in [-0.4, -0.2) is 97.5 Å². The van der Waals surface area contributed by atoms with Crippen molar-refractivity contribution in [1.29, 1.82) is 0 Å².